The van der Waals surface area contributed by atoms with Crippen molar-refractivity contribution in [1.82, 2.24) is 5.32 Å². The highest BCUT2D eigenvalue weighted by molar-refractivity contribution is 5.83. The number of furan rings is 1. The molecule has 0 fully saturated rings. The zero-order valence-corrected chi connectivity index (χ0v) is 12.5. The summed E-state index contributed by atoms with van der Waals surface area (Å²) in [7, 11) is 1.64. The highest BCUT2D eigenvalue weighted by atomic mass is 16.5. The Kier molecular flexibility index (Phi) is 4.68. The molecule has 0 radical (unpaired) electrons. The second kappa shape index (κ2) is 6.29. The van der Waals surface area contributed by atoms with E-state index in [2.05, 4.69) is 5.32 Å². The van der Waals surface area contributed by atoms with E-state index < -0.39 is 0 Å². The molecule has 110 valence electrons. The number of para-hydroxylation sites is 1. The molecule has 20 heavy (non-hydrogen) atoms. The van der Waals surface area contributed by atoms with E-state index in [1.807, 2.05) is 45.0 Å². The van der Waals surface area contributed by atoms with Crippen LogP contribution in [0.2, 0.25) is 0 Å². The van der Waals surface area contributed by atoms with Gasteiger partial charge in [0.05, 0.1) is 19.3 Å². The maximum atomic E-state index is 9.83. The number of rotatable bonds is 6. The fourth-order valence-corrected chi connectivity index (χ4v) is 2.06. The zero-order valence-electron chi connectivity index (χ0n) is 12.5. The van der Waals surface area contributed by atoms with Crippen LogP contribution in [-0.2, 0) is 0 Å². The van der Waals surface area contributed by atoms with Gasteiger partial charge in [-0.3, -0.25) is 0 Å². The van der Waals surface area contributed by atoms with Gasteiger partial charge in [0.2, 0.25) is 0 Å². The number of nitrogens with one attached hydrogen (secondary N) is 1. The van der Waals surface area contributed by atoms with Crippen molar-refractivity contribution in [1.29, 1.82) is 0 Å². The van der Waals surface area contributed by atoms with Crippen molar-refractivity contribution in [2.45, 2.75) is 32.9 Å². The lowest BCUT2D eigenvalue weighted by atomic mass is 10.1. The summed E-state index contributed by atoms with van der Waals surface area (Å²) in [6, 6.07) is 7.88. The van der Waals surface area contributed by atoms with Gasteiger partial charge in [0, 0.05) is 11.9 Å². The van der Waals surface area contributed by atoms with Gasteiger partial charge in [-0.2, -0.15) is 0 Å². The third kappa shape index (κ3) is 3.14. The molecule has 2 aromatic rings. The minimum atomic E-state index is -0.351. The van der Waals surface area contributed by atoms with Crippen molar-refractivity contribution in [3.05, 3.63) is 30.0 Å². The van der Waals surface area contributed by atoms with Gasteiger partial charge < -0.3 is 19.6 Å². The van der Waals surface area contributed by atoms with E-state index in [9.17, 15) is 5.11 Å². The molecule has 0 aliphatic heterocycles. The van der Waals surface area contributed by atoms with Crippen LogP contribution in [0.3, 0.4) is 0 Å². The summed E-state index contributed by atoms with van der Waals surface area (Å²) in [6.07, 6.45) is -0.351. The Bertz CT molecular complexity index is 562. The van der Waals surface area contributed by atoms with Gasteiger partial charge in [0.1, 0.15) is 5.76 Å². The van der Waals surface area contributed by atoms with Crippen LogP contribution in [0.1, 0.15) is 32.6 Å². The molecule has 4 nitrogen and oxygen atoms in total. The van der Waals surface area contributed by atoms with Gasteiger partial charge in [0.15, 0.2) is 11.3 Å². The van der Waals surface area contributed by atoms with Crippen molar-refractivity contribution < 1.29 is 14.3 Å². The van der Waals surface area contributed by atoms with Crippen LogP contribution in [0.5, 0.6) is 5.75 Å². The number of aliphatic hydroxyl groups excluding tert-OH is 1. The molecular formula is C16H23NO3. The predicted molar refractivity (Wildman–Crippen MR) is 80.0 cm³/mol. The summed E-state index contributed by atoms with van der Waals surface area (Å²) < 4.78 is 11.2. The number of benzene rings is 1. The molecule has 1 aromatic heterocycles. The summed E-state index contributed by atoms with van der Waals surface area (Å²) in [5.74, 6) is 1.83. The molecule has 2 atom stereocenters. The zero-order chi connectivity index (χ0) is 14.7. The van der Waals surface area contributed by atoms with Crippen molar-refractivity contribution >= 4 is 11.0 Å². The van der Waals surface area contributed by atoms with E-state index in [1.54, 1.807) is 7.11 Å². The van der Waals surface area contributed by atoms with E-state index in [1.165, 1.54) is 0 Å². The second-order valence-electron chi connectivity index (χ2n) is 5.47. The van der Waals surface area contributed by atoms with Gasteiger partial charge in [-0.1, -0.05) is 26.0 Å². The number of ether oxygens (including phenoxy) is 1. The Hall–Kier alpha value is -1.52. The van der Waals surface area contributed by atoms with E-state index in [4.69, 9.17) is 9.15 Å². The minimum absolute atomic E-state index is 0.0421. The molecule has 2 N–H and O–H groups in total. The first kappa shape index (κ1) is 14.9. The first-order valence-electron chi connectivity index (χ1n) is 7.00. The Morgan fingerprint density at radius 3 is 2.70 bits per heavy atom. The Balaban J connectivity index is 2.12. The van der Waals surface area contributed by atoms with Gasteiger partial charge in [0.25, 0.3) is 0 Å². The number of hydrogen-bond acceptors (Lipinski definition) is 4. The third-order valence-electron chi connectivity index (χ3n) is 3.58. The van der Waals surface area contributed by atoms with Crippen LogP contribution >= 0.6 is 0 Å². The van der Waals surface area contributed by atoms with Crippen LogP contribution in [0.15, 0.2) is 28.7 Å². The molecule has 0 aliphatic carbocycles. The molecular weight excluding hydrogens is 254 g/mol. The fourth-order valence-electron chi connectivity index (χ4n) is 2.06. The molecule has 0 spiro atoms. The summed E-state index contributed by atoms with van der Waals surface area (Å²) in [5.41, 5.74) is 0.767. The SMILES string of the molecule is COc1cccc2cc(C(C)NCC(O)C(C)C)oc12. The first-order chi connectivity index (χ1) is 9.52. The van der Waals surface area contributed by atoms with Crippen molar-refractivity contribution in [2.24, 2.45) is 5.92 Å². The molecule has 1 aromatic carbocycles. The topological polar surface area (TPSA) is 54.6 Å². The van der Waals surface area contributed by atoms with Gasteiger partial charge in [-0.05, 0) is 25.0 Å². The molecule has 2 rings (SSSR count). The molecule has 0 aliphatic rings. The second-order valence-corrected chi connectivity index (χ2v) is 5.47. The Morgan fingerprint density at radius 1 is 1.30 bits per heavy atom. The number of hydrogen-bond donors (Lipinski definition) is 2. The molecule has 2 unspecified atom stereocenters. The van der Waals surface area contributed by atoms with Crippen LogP contribution < -0.4 is 10.1 Å². The lowest BCUT2D eigenvalue weighted by molar-refractivity contribution is 0.120. The third-order valence-corrected chi connectivity index (χ3v) is 3.58. The summed E-state index contributed by atoms with van der Waals surface area (Å²) in [5, 5.41) is 14.2. The molecule has 1 heterocycles. The quantitative estimate of drug-likeness (QED) is 0.852. The Labute approximate surface area is 119 Å². The predicted octanol–water partition coefficient (Wildman–Crippen LogP) is 3.11. The minimum Gasteiger partial charge on any atom is -0.493 e. The highest BCUT2D eigenvalue weighted by Crippen LogP contribution is 2.30. The lowest BCUT2D eigenvalue weighted by Crippen LogP contribution is -2.32. The lowest BCUT2D eigenvalue weighted by Gasteiger charge is -2.18. The van der Waals surface area contributed by atoms with Gasteiger partial charge in [-0.15, -0.1) is 0 Å². The van der Waals surface area contributed by atoms with Crippen LogP contribution in [0, 0.1) is 5.92 Å². The molecule has 4 heteroatoms. The van der Waals surface area contributed by atoms with Crippen LogP contribution in [-0.4, -0.2) is 24.9 Å². The molecule has 0 saturated carbocycles. The first-order valence-corrected chi connectivity index (χ1v) is 7.00. The number of methoxy groups -OCH3 is 1. The normalized spacial score (nSPS) is 14.7. The standard InChI is InChI=1S/C16H23NO3/c1-10(2)13(18)9-17-11(3)15-8-12-6-5-7-14(19-4)16(12)20-15/h5-8,10-11,13,17-18H,9H2,1-4H3. The molecule has 0 amide bonds. The van der Waals surface area contributed by atoms with E-state index in [0.717, 1.165) is 22.5 Å². The van der Waals surface area contributed by atoms with Crippen LogP contribution in [0.4, 0.5) is 0 Å². The average molecular weight is 277 g/mol. The van der Waals surface area contributed by atoms with E-state index in [-0.39, 0.29) is 18.1 Å². The van der Waals surface area contributed by atoms with E-state index in [0.29, 0.717) is 6.54 Å². The Morgan fingerprint density at radius 2 is 2.05 bits per heavy atom. The summed E-state index contributed by atoms with van der Waals surface area (Å²) in [4.78, 5) is 0. The summed E-state index contributed by atoms with van der Waals surface area (Å²) in [6.45, 7) is 6.58. The smallest absolute Gasteiger partial charge is 0.176 e. The summed E-state index contributed by atoms with van der Waals surface area (Å²) >= 11 is 0. The van der Waals surface area contributed by atoms with Crippen molar-refractivity contribution in [2.75, 3.05) is 13.7 Å². The monoisotopic (exact) mass is 277 g/mol. The largest absolute Gasteiger partial charge is 0.493 e. The maximum absolute atomic E-state index is 9.83. The van der Waals surface area contributed by atoms with Crippen molar-refractivity contribution in [3.8, 4) is 5.75 Å². The van der Waals surface area contributed by atoms with Crippen molar-refractivity contribution in [3.63, 3.8) is 0 Å². The van der Waals surface area contributed by atoms with Crippen LogP contribution in [0.25, 0.3) is 11.0 Å². The average Bonchev–Trinajstić information content (AvgIpc) is 2.87. The number of aliphatic hydroxyl groups is 1. The number of fused-ring (bicyclic) bond motifs is 1. The molecule has 0 saturated heterocycles. The molecule has 0 bridgehead atoms. The van der Waals surface area contributed by atoms with E-state index >= 15 is 0 Å². The van der Waals surface area contributed by atoms with Gasteiger partial charge >= 0.3 is 0 Å². The highest BCUT2D eigenvalue weighted by Gasteiger charge is 2.16. The fraction of sp³-hybridized carbons (Fsp3) is 0.500. The van der Waals surface area contributed by atoms with Gasteiger partial charge in [-0.25, -0.2) is 0 Å². The maximum Gasteiger partial charge on any atom is 0.176 e.